The molecule has 0 saturated carbocycles. The third kappa shape index (κ3) is 5.68. The lowest BCUT2D eigenvalue weighted by molar-refractivity contribution is -0.116. The van der Waals surface area contributed by atoms with E-state index in [9.17, 15) is 28.4 Å². The number of anilines is 1. The summed E-state index contributed by atoms with van der Waals surface area (Å²) in [6, 6.07) is 12.6. The van der Waals surface area contributed by atoms with Crippen LogP contribution in [-0.4, -0.2) is 16.4 Å². The molecule has 0 unspecified atom stereocenters. The van der Waals surface area contributed by atoms with E-state index in [-0.39, 0.29) is 29.8 Å². The van der Waals surface area contributed by atoms with E-state index in [1.807, 2.05) is 6.07 Å². The van der Waals surface area contributed by atoms with E-state index in [1.54, 1.807) is 32.0 Å². The first-order valence-electron chi connectivity index (χ1n) is 9.92. The fourth-order valence-corrected chi connectivity index (χ4v) is 3.34. The Bertz CT molecular complexity index is 1320. The molecule has 7 nitrogen and oxygen atoms in total. The number of nitrogens with zero attached hydrogens (tertiary/aromatic N) is 2. The molecule has 2 aromatic carbocycles. The van der Waals surface area contributed by atoms with Crippen molar-refractivity contribution in [2.45, 2.75) is 26.9 Å². The highest BCUT2D eigenvalue weighted by Crippen LogP contribution is 2.13. The molecule has 0 aliphatic carbocycles. The molecule has 0 spiro atoms. The van der Waals surface area contributed by atoms with Gasteiger partial charge in [0, 0.05) is 29.6 Å². The van der Waals surface area contributed by atoms with Crippen LogP contribution in [0.1, 0.15) is 32.7 Å². The number of hydrogen-bond acceptors (Lipinski definition) is 4. The van der Waals surface area contributed by atoms with Crippen molar-refractivity contribution in [2.24, 2.45) is 0 Å². The fourth-order valence-electron chi connectivity index (χ4n) is 3.34. The molecule has 3 aromatic rings. The van der Waals surface area contributed by atoms with Gasteiger partial charge in [-0.3, -0.25) is 14.4 Å². The molecule has 0 atom stereocenters. The maximum absolute atomic E-state index is 13.3. The summed E-state index contributed by atoms with van der Waals surface area (Å²) in [6.45, 7) is 2.93. The summed E-state index contributed by atoms with van der Waals surface area (Å²) in [5.41, 5.74) is 1.31. The number of aromatic nitrogens is 1. The molecule has 0 aliphatic heterocycles. The molecule has 168 valence electrons. The Morgan fingerprint density at radius 2 is 1.76 bits per heavy atom. The third-order valence-electron chi connectivity index (χ3n) is 4.90. The maximum Gasteiger partial charge on any atom is 0.269 e. The Kier molecular flexibility index (Phi) is 6.98. The lowest BCUT2D eigenvalue weighted by Gasteiger charge is -2.13. The van der Waals surface area contributed by atoms with Crippen LogP contribution < -0.4 is 16.2 Å². The number of nitriles is 1. The van der Waals surface area contributed by atoms with Gasteiger partial charge in [-0.15, -0.1) is 0 Å². The molecule has 0 aliphatic rings. The van der Waals surface area contributed by atoms with Crippen LogP contribution in [0.5, 0.6) is 0 Å². The highest BCUT2D eigenvalue weighted by Gasteiger charge is 2.14. The molecule has 33 heavy (non-hydrogen) atoms. The van der Waals surface area contributed by atoms with Crippen molar-refractivity contribution in [3.05, 3.63) is 98.5 Å². The lowest BCUT2D eigenvalue weighted by Crippen LogP contribution is -2.31. The normalized spacial score (nSPS) is 10.4. The molecule has 0 fully saturated rings. The second-order valence-electron chi connectivity index (χ2n) is 7.44. The van der Waals surface area contributed by atoms with Crippen molar-refractivity contribution in [3.8, 4) is 6.07 Å². The molecular weight excluding hydrogens is 430 g/mol. The summed E-state index contributed by atoms with van der Waals surface area (Å²) in [5.74, 6) is -2.50. The van der Waals surface area contributed by atoms with Crippen LogP contribution in [0.4, 0.5) is 14.5 Å². The molecule has 0 radical (unpaired) electrons. The maximum atomic E-state index is 13.3. The summed E-state index contributed by atoms with van der Waals surface area (Å²) in [5, 5.41) is 14.4. The average molecular weight is 450 g/mol. The van der Waals surface area contributed by atoms with Crippen LogP contribution in [0, 0.1) is 36.8 Å². The van der Waals surface area contributed by atoms with E-state index in [4.69, 9.17) is 0 Å². The highest BCUT2D eigenvalue weighted by atomic mass is 19.1. The predicted octanol–water partition coefficient (Wildman–Crippen LogP) is 3.18. The summed E-state index contributed by atoms with van der Waals surface area (Å²) < 4.78 is 27.8. The molecule has 0 bridgehead atoms. The first-order chi connectivity index (χ1) is 15.7. The molecule has 3 rings (SSSR count). The van der Waals surface area contributed by atoms with Crippen LogP contribution in [0.2, 0.25) is 0 Å². The first kappa shape index (κ1) is 23.3. The molecule has 1 heterocycles. The third-order valence-corrected chi connectivity index (χ3v) is 4.90. The second-order valence-corrected chi connectivity index (χ2v) is 7.44. The number of pyridine rings is 1. The minimum atomic E-state index is -0.742. The summed E-state index contributed by atoms with van der Waals surface area (Å²) in [7, 11) is 0. The van der Waals surface area contributed by atoms with Crippen molar-refractivity contribution in [1.82, 2.24) is 9.88 Å². The zero-order valence-electron chi connectivity index (χ0n) is 17.9. The zero-order valence-corrected chi connectivity index (χ0v) is 17.9. The van der Waals surface area contributed by atoms with Gasteiger partial charge in [-0.05, 0) is 61.4 Å². The smallest absolute Gasteiger partial charge is 0.269 e. The fraction of sp³-hybridized carbons (Fsp3) is 0.167. The van der Waals surface area contributed by atoms with Crippen molar-refractivity contribution >= 4 is 17.5 Å². The van der Waals surface area contributed by atoms with Crippen LogP contribution in [0.25, 0.3) is 0 Å². The number of carbonyl (C=O) groups is 2. The molecule has 2 N–H and O–H groups in total. The standard InChI is InChI=1S/C24H20F2N4O3/c1-14-6-15(2)30(24(33)21(14)11-27)13-22(31)29-20-5-3-4-17(9-20)23(32)28-12-16-7-18(25)10-19(26)8-16/h3-10H,12-13H2,1-2H3,(H,28,32)(H,29,31). The van der Waals surface area contributed by atoms with Crippen LogP contribution in [0.3, 0.4) is 0 Å². The number of aryl methyl sites for hydroxylation is 2. The van der Waals surface area contributed by atoms with Gasteiger partial charge >= 0.3 is 0 Å². The van der Waals surface area contributed by atoms with Crippen molar-refractivity contribution in [3.63, 3.8) is 0 Å². The van der Waals surface area contributed by atoms with Gasteiger partial charge in [-0.25, -0.2) is 8.78 Å². The molecular formula is C24H20F2N4O3. The Balaban J connectivity index is 1.69. The van der Waals surface area contributed by atoms with Crippen molar-refractivity contribution in [1.29, 1.82) is 5.26 Å². The number of hydrogen-bond donors (Lipinski definition) is 2. The van der Waals surface area contributed by atoms with Crippen LogP contribution in [0.15, 0.2) is 53.3 Å². The average Bonchev–Trinajstić information content (AvgIpc) is 2.74. The number of benzene rings is 2. The van der Waals surface area contributed by atoms with Gasteiger partial charge in [0.1, 0.15) is 29.8 Å². The minimum absolute atomic E-state index is 0.0229. The van der Waals surface area contributed by atoms with Gasteiger partial charge < -0.3 is 15.2 Å². The molecule has 0 saturated heterocycles. The number of rotatable bonds is 6. The van der Waals surface area contributed by atoms with Gasteiger partial charge in [0.25, 0.3) is 11.5 Å². The molecule has 1 aromatic heterocycles. The van der Waals surface area contributed by atoms with Gasteiger partial charge in [-0.2, -0.15) is 5.26 Å². The SMILES string of the molecule is Cc1cc(C)n(CC(=O)Nc2cccc(C(=O)NCc3cc(F)cc(F)c3)c2)c(=O)c1C#N. The minimum Gasteiger partial charge on any atom is -0.348 e. The second kappa shape index (κ2) is 9.87. The Labute approximate surface area is 188 Å². The van der Waals surface area contributed by atoms with Gasteiger partial charge in [0.2, 0.25) is 5.91 Å². The quantitative estimate of drug-likeness (QED) is 0.602. The van der Waals surface area contributed by atoms with E-state index in [1.165, 1.54) is 16.7 Å². The van der Waals surface area contributed by atoms with E-state index in [2.05, 4.69) is 10.6 Å². The summed E-state index contributed by atoms with van der Waals surface area (Å²) >= 11 is 0. The Morgan fingerprint density at radius 1 is 1.06 bits per heavy atom. The Morgan fingerprint density at radius 3 is 2.42 bits per heavy atom. The van der Waals surface area contributed by atoms with Crippen LogP contribution in [-0.2, 0) is 17.9 Å². The molecule has 2 amide bonds. The first-order valence-corrected chi connectivity index (χ1v) is 9.92. The summed E-state index contributed by atoms with van der Waals surface area (Å²) in [6.07, 6.45) is 0. The van der Waals surface area contributed by atoms with Gasteiger partial charge in [-0.1, -0.05) is 6.07 Å². The van der Waals surface area contributed by atoms with Crippen molar-refractivity contribution < 1.29 is 18.4 Å². The lowest BCUT2D eigenvalue weighted by atomic mass is 10.1. The van der Waals surface area contributed by atoms with E-state index in [0.717, 1.165) is 18.2 Å². The predicted molar refractivity (Wildman–Crippen MR) is 117 cm³/mol. The number of carbonyl (C=O) groups excluding carboxylic acids is 2. The number of amides is 2. The zero-order chi connectivity index (χ0) is 24.1. The molecule has 9 heteroatoms. The van der Waals surface area contributed by atoms with Gasteiger partial charge in [0.15, 0.2) is 0 Å². The number of nitrogens with one attached hydrogen (secondary N) is 2. The van der Waals surface area contributed by atoms with E-state index in [0.29, 0.717) is 16.9 Å². The topological polar surface area (TPSA) is 104 Å². The summed E-state index contributed by atoms with van der Waals surface area (Å²) in [4.78, 5) is 37.4. The van der Waals surface area contributed by atoms with Gasteiger partial charge in [0.05, 0.1) is 0 Å². The number of halogens is 2. The van der Waals surface area contributed by atoms with Crippen molar-refractivity contribution in [2.75, 3.05) is 5.32 Å². The highest BCUT2D eigenvalue weighted by molar-refractivity contribution is 5.97. The Hall–Kier alpha value is -4.32. The monoisotopic (exact) mass is 450 g/mol. The van der Waals surface area contributed by atoms with Crippen LogP contribution >= 0.6 is 0 Å². The van der Waals surface area contributed by atoms with E-state index < -0.39 is 29.0 Å². The van der Waals surface area contributed by atoms with E-state index >= 15 is 0 Å². The largest absolute Gasteiger partial charge is 0.348 e.